The van der Waals surface area contributed by atoms with Crippen LogP contribution in [0.3, 0.4) is 0 Å². The number of urea groups is 1. The number of rotatable bonds is 6. The standard InChI is InChI=1S/C23H34N6O3/c1-5-28(22(31)24-10-7-11-26(2)3)21(30)15-12-17-16-8-6-9-18-20(16)29(23(32)25-18)14-19(17)27(4)13-15/h6,8-9,15,17,19H,5,7,10-14H2,1-4H3,(H,24,31)(H,25,32). The first-order valence-electron chi connectivity index (χ1n) is 11.5. The molecule has 2 aromatic rings. The number of carbonyl (C=O) groups is 2. The highest BCUT2D eigenvalue weighted by Crippen LogP contribution is 2.41. The van der Waals surface area contributed by atoms with Crippen LogP contribution in [0, 0.1) is 5.92 Å². The Labute approximate surface area is 188 Å². The van der Waals surface area contributed by atoms with Gasteiger partial charge in [-0.05, 0) is 59.1 Å². The van der Waals surface area contributed by atoms with Crippen LogP contribution >= 0.6 is 0 Å². The van der Waals surface area contributed by atoms with Crippen LogP contribution in [0.5, 0.6) is 0 Å². The summed E-state index contributed by atoms with van der Waals surface area (Å²) in [6.45, 7) is 4.80. The van der Waals surface area contributed by atoms with E-state index in [1.54, 1.807) is 0 Å². The van der Waals surface area contributed by atoms with Crippen molar-refractivity contribution in [3.63, 3.8) is 0 Å². The van der Waals surface area contributed by atoms with E-state index in [4.69, 9.17) is 0 Å². The van der Waals surface area contributed by atoms with Gasteiger partial charge in [0, 0.05) is 38.1 Å². The molecule has 3 unspecified atom stereocenters. The number of H-pyrrole nitrogens is 1. The number of nitrogens with zero attached hydrogens (tertiary/aromatic N) is 4. The van der Waals surface area contributed by atoms with Gasteiger partial charge >= 0.3 is 11.7 Å². The molecule has 0 radical (unpaired) electrons. The summed E-state index contributed by atoms with van der Waals surface area (Å²) in [4.78, 5) is 47.1. The van der Waals surface area contributed by atoms with Crippen molar-refractivity contribution in [3.8, 4) is 0 Å². The van der Waals surface area contributed by atoms with Gasteiger partial charge in [0.1, 0.15) is 0 Å². The first-order valence-corrected chi connectivity index (χ1v) is 11.5. The van der Waals surface area contributed by atoms with Gasteiger partial charge in [-0.2, -0.15) is 0 Å². The van der Waals surface area contributed by atoms with E-state index in [9.17, 15) is 14.4 Å². The van der Waals surface area contributed by atoms with Crippen molar-refractivity contribution in [2.45, 2.75) is 38.3 Å². The number of hydrogen-bond acceptors (Lipinski definition) is 5. The van der Waals surface area contributed by atoms with Crippen LogP contribution in [0.15, 0.2) is 23.0 Å². The zero-order valence-electron chi connectivity index (χ0n) is 19.4. The summed E-state index contributed by atoms with van der Waals surface area (Å²) in [5.74, 6) is -0.239. The number of likely N-dealkylation sites (tertiary alicyclic amines) is 1. The van der Waals surface area contributed by atoms with E-state index in [0.717, 1.165) is 29.6 Å². The number of hydrogen-bond donors (Lipinski definition) is 2. The number of likely N-dealkylation sites (N-methyl/N-ethyl adjacent to an activating group) is 1. The number of carbonyl (C=O) groups excluding carboxylic acids is 2. The van der Waals surface area contributed by atoms with Gasteiger partial charge in [0.15, 0.2) is 0 Å². The van der Waals surface area contributed by atoms with E-state index >= 15 is 0 Å². The Kier molecular flexibility index (Phi) is 6.39. The third kappa shape index (κ3) is 4.06. The minimum Gasteiger partial charge on any atom is -0.338 e. The molecule has 1 saturated heterocycles. The molecule has 1 aromatic carbocycles. The lowest BCUT2D eigenvalue weighted by atomic mass is 9.76. The maximum absolute atomic E-state index is 13.4. The predicted molar refractivity (Wildman–Crippen MR) is 124 cm³/mol. The van der Waals surface area contributed by atoms with Crippen molar-refractivity contribution in [1.82, 2.24) is 29.6 Å². The third-order valence-electron chi connectivity index (χ3n) is 6.91. The second-order valence-corrected chi connectivity index (χ2v) is 9.30. The Morgan fingerprint density at radius 2 is 2.03 bits per heavy atom. The fraction of sp³-hybridized carbons (Fsp3) is 0.609. The van der Waals surface area contributed by atoms with Crippen LogP contribution < -0.4 is 11.0 Å². The number of aromatic nitrogens is 2. The van der Waals surface area contributed by atoms with Gasteiger partial charge in [0.25, 0.3) is 0 Å². The number of para-hydroxylation sites is 1. The zero-order valence-corrected chi connectivity index (χ0v) is 19.4. The van der Waals surface area contributed by atoms with Crippen molar-refractivity contribution >= 4 is 23.0 Å². The number of nitrogens with one attached hydrogen (secondary N) is 2. The average Bonchev–Trinajstić information content (AvgIpc) is 3.08. The summed E-state index contributed by atoms with van der Waals surface area (Å²) in [6.07, 6.45) is 1.51. The largest absolute Gasteiger partial charge is 0.338 e. The Bertz CT molecular complexity index is 1060. The lowest BCUT2D eigenvalue weighted by Gasteiger charge is -2.45. The second kappa shape index (κ2) is 9.07. The molecule has 3 atom stereocenters. The van der Waals surface area contributed by atoms with E-state index in [2.05, 4.69) is 26.2 Å². The molecule has 3 amide bonds. The van der Waals surface area contributed by atoms with E-state index in [0.29, 0.717) is 32.6 Å². The van der Waals surface area contributed by atoms with E-state index < -0.39 is 0 Å². The topological polar surface area (TPSA) is 93.7 Å². The van der Waals surface area contributed by atoms with Gasteiger partial charge in [-0.15, -0.1) is 0 Å². The van der Waals surface area contributed by atoms with Crippen LogP contribution in [-0.4, -0.2) is 89.6 Å². The minimum absolute atomic E-state index is 0.0828. The molecule has 9 heteroatoms. The molecule has 0 aliphatic carbocycles. The van der Waals surface area contributed by atoms with Crippen LogP contribution in [-0.2, 0) is 11.3 Å². The molecule has 0 saturated carbocycles. The lowest BCUT2D eigenvalue weighted by molar-refractivity contribution is -0.135. The summed E-state index contributed by atoms with van der Waals surface area (Å²) in [7, 11) is 6.00. The Morgan fingerprint density at radius 1 is 1.25 bits per heavy atom. The first kappa shape index (κ1) is 22.5. The predicted octanol–water partition coefficient (Wildman–Crippen LogP) is 1.26. The van der Waals surface area contributed by atoms with Gasteiger partial charge in [0.2, 0.25) is 5.91 Å². The van der Waals surface area contributed by atoms with Crippen LogP contribution in [0.4, 0.5) is 4.79 Å². The highest BCUT2D eigenvalue weighted by Gasteiger charge is 2.43. The van der Waals surface area contributed by atoms with Gasteiger partial charge in [-0.25, -0.2) is 9.59 Å². The van der Waals surface area contributed by atoms with Crippen molar-refractivity contribution in [2.75, 3.05) is 47.3 Å². The first-order chi connectivity index (χ1) is 15.3. The van der Waals surface area contributed by atoms with Crippen molar-refractivity contribution in [2.24, 2.45) is 5.92 Å². The number of amides is 3. The Morgan fingerprint density at radius 3 is 2.75 bits per heavy atom. The van der Waals surface area contributed by atoms with Gasteiger partial charge in [-0.3, -0.25) is 14.3 Å². The van der Waals surface area contributed by atoms with E-state index in [1.807, 2.05) is 44.8 Å². The van der Waals surface area contributed by atoms with E-state index in [1.165, 1.54) is 4.90 Å². The van der Waals surface area contributed by atoms with Crippen molar-refractivity contribution in [3.05, 3.63) is 34.2 Å². The normalized spacial score (nSPS) is 22.7. The Balaban J connectivity index is 1.51. The fourth-order valence-electron chi connectivity index (χ4n) is 5.32. The summed E-state index contributed by atoms with van der Waals surface area (Å²) < 4.78 is 1.82. The summed E-state index contributed by atoms with van der Waals surface area (Å²) in [5.41, 5.74) is 2.82. The number of benzene rings is 1. The lowest BCUT2D eigenvalue weighted by Crippen LogP contribution is -2.55. The molecule has 2 aliphatic rings. The fourth-order valence-corrected chi connectivity index (χ4v) is 5.32. The van der Waals surface area contributed by atoms with Crippen molar-refractivity contribution in [1.29, 1.82) is 0 Å². The number of imidazole rings is 1. The van der Waals surface area contributed by atoms with Gasteiger partial charge in [0.05, 0.1) is 17.0 Å². The Hall–Kier alpha value is -2.65. The number of imide groups is 1. The zero-order chi connectivity index (χ0) is 23.0. The minimum atomic E-state index is -0.314. The summed E-state index contributed by atoms with van der Waals surface area (Å²) in [5, 5.41) is 2.89. The van der Waals surface area contributed by atoms with Crippen LogP contribution in [0.25, 0.3) is 11.0 Å². The monoisotopic (exact) mass is 442 g/mol. The molecular weight excluding hydrogens is 408 g/mol. The third-order valence-corrected chi connectivity index (χ3v) is 6.91. The smallest absolute Gasteiger partial charge is 0.326 e. The molecule has 4 rings (SSSR count). The average molecular weight is 443 g/mol. The molecule has 3 heterocycles. The van der Waals surface area contributed by atoms with E-state index in [-0.39, 0.29) is 35.5 Å². The molecule has 9 nitrogen and oxygen atoms in total. The van der Waals surface area contributed by atoms with Gasteiger partial charge < -0.3 is 20.1 Å². The molecule has 2 N–H and O–H groups in total. The van der Waals surface area contributed by atoms with Crippen LogP contribution in [0.1, 0.15) is 31.2 Å². The maximum atomic E-state index is 13.4. The number of fused-ring (bicyclic) bond motifs is 2. The summed E-state index contributed by atoms with van der Waals surface area (Å²) >= 11 is 0. The molecule has 174 valence electrons. The molecule has 0 spiro atoms. The number of piperidine rings is 1. The molecular formula is C23H34N6O3. The second-order valence-electron chi connectivity index (χ2n) is 9.30. The quantitative estimate of drug-likeness (QED) is 0.657. The summed E-state index contributed by atoms with van der Waals surface area (Å²) in [6, 6.07) is 5.79. The highest BCUT2D eigenvalue weighted by atomic mass is 16.2. The molecule has 2 aliphatic heterocycles. The molecule has 1 fully saturated rings. The number of aromatic amines is 1. The molecule has 32 heavy (non-hydrogen) atoms. The highest BCUT2D eigenvalue weighted by molar-refractivity contribution is 5.95. The molecule has 0 bridgehead atoms. The SMILES string of the molecule is CCN(C(=O)NCCCN(C)C)C(=O)C1CC2c3cccc4[nH]c(=O)n(c34)CC2N(C)C1. The van der Waals surface area contributed by atoms with Gasteiger partial charge in [-0.1, -0.05) is 12.1 Å². The maximum Gasteiger partial charge on any atom is 0.326 e. The van der Waals surface area contributed by atoms with Crippen molar-refractivity contribution < 1.29 is 9.59 Å². The van der Waals surface area contributed by atoms with Crippen LogP contribution in [0.2, 0.25) is 0 Å². The molecule has 1 aromatic heterocycles.